The van der Waals surface area contributed by atoms with Crippen LogP contribution in [0.25, 0.3) is 11.8 Å². The first-order valence-corrected chi connectivity index (χ1v) is 18.7. The Labute approximate surface area is 289 Å². The average Bonchev–Trinajstić information content (AvgIpc) is 3.66. The molecule has 262 valence electrons. The molecule has 2 heterocycles. The van der Waals surface area contributed by atoms with E-state index >= 15 is 0 Å². The maximum atomic E-state index is 13.2. The van der Waals surface area contributed by atoms with Gasteiger partial charge in [0.05, 0.1) is 13.2 Å². The Balaban J connectivity index is 1.30. The molecule has 0 unspecified atom stereocenters. The summed E-state index contributed by atoms with van der Waals surface area (Å²) in [6.07, 6.45) is 24.3. The Morgan fingerprint density at radius 1 is 0.688 bits per heavy atom. The highest BCUT2D eigenvalue weighted by atomic mass is 16.5. The number of anilines is 1. The van der Waals surface area contributed by atoms with E-state index in [9.17, 15) is 9.90 Å². The fourth-order valence-electron chi connectivity index (χ4n) is 6.20. The van der Waals surface area contributed by atoms with Crippen molar-refractivity contribution >= 4 is 17.7 Å². The van der Waals surface area contributed by atoms with E-state index in [1.807, 2.05) is 47.6 Å². The Kier molecular flexibility index (Phi) is 16.3. The minimum absolute atomic E-state index is 0.0123. The maximum absolute atomic E-state index is 13.2. The Morgan fingerprint density at radius 2 is 1.17 bits per heavy atom. The van der Waals surface area contributed by atoms with E-state index in [-0.39, 0.29) is 11.7 Å². The van der Waals surface area contributed by atoms with Gasteiger partial charge in [0.2, 0.25) is 11.7 Å². The highest BCUT2D eigenvalue weighted by Crippen LogP contribution is 2.38. The van der Waals surface area contributed by atoms with Crippen LogP contribution in [0.4, 0.5) is 5.69 Å². The molecule has 1 aliphatic heterocycles. The van der Waals surface area contributed by atoms with Crippen molar-refractivity contribution < 1.29 is 19.4 Å². The van der Waals surface area contributed by atoms with Gasteiger partial charge in [0, 0.05) is 56.0 Å². The minimum Gasteiger partial charge on any atom is -0.502 e. The third-order valence-electron chi connectivity index (χ3n) is 9.20. The lowest BCUT2D eigenvalue weighted by atomic mass is 10.1. The number of benzene rings is 2. The zero-order valence-electron chi connectivity index (χ0n) is 29.6. The van der Waals surface area contributed by atoms with Gasteiger partial charge >= 0.3 is 0 Å². The number of ether oxygens (including phenoxy) is 2. The lowest BCUT2D eigenvalue weighted by Crippen LogP contribution is -2.48. The summed E-state index contributed by atoms with van der Waals surface area (Å²) in [6.45, 7) is 8.47. The minimum atomic E-state index is -0.0123. The van der Waals surface area contributed by atoms with Crippen LogP contribution in [0.3, 0.4) is 0 Å². The molecule has 1 fully saturated rings. The zero-order chi connectivity index (χ0) is 33.8. The summed E-state index contributed by atoms with van der Waals surface area (Å²) in [7, 11) is 0. The lowest BCUT2D eigenvalue weighted by molar-refractivity contribution is -0.126. The van der Waals surface area contributed by atoms with E-state index in [2.05, 4.69) is 47.6 Å². The smallest absolute Gasteiger partial charge is 0.246 e. The number of rotatable bonds is 22. The molecule has 0 bridgehead atoms. The SMILES string of the molecule is CCCCCCCCCOc1cc(C=CC(=O)N2CCN(c3ccc(-n4cccc4)cc3)CC2)cc(OCCCCCCCCC)c1O. The Bertz CT molecular complexity index is 1300. The average molecular weight is 658 g/mol. The van der Waals surface area contributed by atoms with Crippen molar-refractivity contribution in [2.24, 2.45) is 0 Å². The molecule has 2 aromatic carbocycles. The van der Waals surface area contributed by atoms with Crippen molar-refractivity contribution in [2.45, 2.75) is 104 Å². The van der Waals surface area contributed by atoms with Crippen LogP contribution in [0, 0.1) is 0 Å². The number of phenols is 1. The zero-order valence-corrected chi connectivity index (χ0v) is 29.6. The summed E-state index contributed by atoms with van der Waals surface area (Å²) in [5, 5.41) is 11.0. The maximum Gasteiger partial charge on any atom is 0.246 e. The van der Waals surface area contributed by atoms with E-state index < -0.39 is 0 Å². The largest absolute Gasteiger partial charge is 0.502 e. The topological polar surface area (TPSA) is 67.2 Å². The number of aromatic nitrogens is 1. The number of carbonyl (C=O) groups excluding carboxylic acids is 1. The third kappa shape index (κ3) is 12.3. The van der Waals surface area contributed by atoms with Crippen LogP contribution in [-0.4, -0.2) is 59.9 Å². The monoisotopic (exact) mass is 657 g/mol. The summed E-state index contributed by atoms with van der Waals surface area (Å²) in [5.74, 6) is 0.867. The predicted molar refractivity (Wildman–Crippen MR) is 199 cm³/mol. The van der Waals surface area contributed by atoms with Crippen molar-refractivity contribution in [3.05, 3.63) is 72.6 Å². The van der Waals surface area contributed by atoms with Gasteiger partial charge in [-0.25, -0.2) is 0 Å². The second-order valence-electron chi connectivity index (χ2n) is 13.1. The summed E-state index contributed by atoms with van der Waals surface area (Å²) in [4.78, 5) is 17.4. The number of hydrogen-bond acceptors (Lipinski definition) is 5. The molecule has 1 aromatic heterocycles. The lowest BCUT2D eigenvalue weighted by Gasteiger charge is -2.35. The van der Waals surface area contributed by atoms with Gasteiger partial charge in [-0.3, -0.25) is 4.79 Å². The molecular weight excluding hydrogens is 598 g/mol. The van der Waals surface area contributed by atoms with Crippen LogP contribution in [0.5, 0.6) is 17.2 Å². The van der Waals surface area contributed by atoms with E-state index in [4.69, 9.17) is 9.47 Å². The highest BCUT2D eigenvalue weighted by Gasteiger charge is 2.20. The van der Waals surface area contributed by atoms with E-state index in [0.717, 1.165) is 50.0 Å². The summed E-state index contributed by atoms with van der Waals surface area (Å²) in [5.41, 5.74) is 3.09. The van der Waals surface area contributed by atoms with Crippen molar-refractivity contribution in [2.75, 3.05) is 44.3 Å². The highest BCUT2D eigenvalue weighted by molar-refractivity contribution is 5.92. The van der Waals surface area contributed by atoms with E-state index in [1.54, 1.807) is 6.08 Å². The summed E-state index contributed by atoms with van der Waals surface area (Å²) in [6, 6.07) is 16.2. The van der Waals surface area contributed by atoms with Gasteiger partial charge in [-0.05, 0) is 73.0 Å². The molecular formula is C41H59N3O4. The van der Waals surface area contributed by atoms with Crippen molar-refractivity contribution in [3.8, 4) is 22.9 Å². The summed E-state index contributed by atoms with van der Waals surface area (Å²) >= 11 is 0. The van der Waals surface area contributed by atoms with E-state index in [1.165, 1.54) is 69.9 Å². The van der Waals surface area contributed by atoms with Crippen molar-refractivity contribution in [1.82, 2.24) is 9.47 Å². The van der Waals surface area contributed by atoms with Gasteiger partial charge in [-0.2, -0.15) is 0 Å². The molecule has 48 heavy (non-hydrogen) atoms. The van der Waals surface area contributed by atoms with Gasteiger partial charge < -0.3 is 28.9 Å². The normalized spacial score (nSPS) is 13.4. The van der Waals surface area contributed by atoms with Crippen LogP contribution >= 0.6 is 0 Å². The molecule has 3 aromatic rings. The molecule has 1 saturated heterocycles. The van der Waals surface area contributed by atoms with Gasteiger partial charge in [-0.15, -0.1) is 0 Å². The molecule has 7 nitrogen and oxygen atoms in total. The molecule has 0 radical (unpaired) electrons. The molecule has 0 spiro atoms. The van der Waals surface area contributed by atoms with Gasteiger partial charge in [-0.1, -0.05) is 90.9 Å². The molecule has 0 aliphatic carbocycles. The van der Waals surface area contributed by atoms with Crippen LogP contribution < -0.4 is 14.4 Å². The van der Waals surface area contributed by atoms with Crippen LogP contribution in [0.2, 0.25) is 0 Å². The standard InChI is InChI=1S/C41H59N3O4/c1-3-5-7-9-11-13-17-31-47-38-33-35(34-39(41(38)46)48-32-18-14-12-10-8-6-4-2)19-24-40(45)44-29-27-43(28-30-44)37-22-20-36(21-23-37)42-25-15-16-26-42/h15-16,19-26,33-34,46H,3-14,17-18,27-32H2,1-2H3. The fraction of sp³-hybridized carbons (Fsp3) is 0.537. The first-order chi connectivity index (χ1) is 23.6. The van der Waals surface area contributed by atoms with Gasteiger partial charge in [0.1, 0.15) is 0 Å². The predicted octanol–water partition coefficient (Wildman–Crippen LogP) is 9.80. The number of piperazine rings is 1. The number of carbonyl (C=O) groups is 1. The first-order valence-electron chi connectivity index (χ1n) is 18.7. The molecule has 0 atom stereocenters. The first kappa shape index (κ1) is 37.0. The molecule has 1 aliphatic rings. The van der Waals surface area contributed by atoms with Crippen LogP contribution in [0.1, 0.15) is 109 Å². The van der Waals surface area contributed by atoms with Gasteiger partial charge in [0.25, 0.3) is 0 Å². The molecule has 4 rings (SSSR count). The number of unbranched alkanes of at least 4 members (excludes halogenated alkanes) is 12. The van der Waals surface area contributed by atoms with Gasteiger partial charge in [0.15, 0.2) is 11.5 Å². The number of hydrogen-bond donors (Lipinski definition) is 1. The van der Waals surface area contributed by atoms with Crippen LogP contribution in [0.15, 0.2) is 67.0 Å². The third-order valence-corrected chi connectivity index (χ3v) is 9.20. The molecule has 1 amide bonds. The Morgan fingerprint density at radius 3 is 1.69 bits per heavy atom. The van der Waals surface area contributed by atoms with Crippen molar-refractivity contribution in [1.29, 1.82) is 0 Å². The molecule has 7 heteroatoms. The number of amides is 1. The number of nitrogens with zero attached hydrogens (tertiary/aromatic N) is 3. The molecule has 0 saturated carbocycles. The second kappa shape index (κ2) is 21.2. The number of phenolic OH excluding ortho intramolecular Hbond substituents is 1. The second-order valence-corrected chi connectivity index (χ2v) is 13.1. The summed E-state index contributed by atoms with van der Waals surface area (Å²) < 4.78 is 14.2. The number of aromatic hydroxyl groups is 1. The van der Waals surface area contributed by atoms with Crippen LogP contribution in [-0.2, 0) is 4.79 Å². The quantitative estimate of drug-likeness (QED) is 0.0861. The van der Waals surface area contributed by atoms with Crippen molar-refractivity contribution in [3.63, 3.8) is 0 Å². The Hall–Kier alpha value is -3.87. The molecule has 1 N–H and O–H groups in total. The fourth-order valence-corrected chi connectivity index (χ4v) is 6.20. The van der Waals surface area contributed by atoms with E-state index in [0.29, 0.717) is 37.8 Å².